The Morgan fingerprint density at radius 1 is 1.21 bits per heavy atom. The number of furan rings is 1. The van der Waals surface area contributed by atoms with Gasteiger partial charge >= 0.3 is 0 Å². The van der Waals surface area contributed by atoms with Crippen molar-refractivity contribution in [2.75, 3.05) is 13.2 Å². The molecule has 3 N–H and O–H groups in total. The van der Waals surface area contributed by atoms with Crippen LogP contribution in [0.2, 0.25) is 0 Å². The van der Waals surface area contributed by atoms with E-state index in [1.54, 1.807) is 12.1 Å². The van der Waals surface area contributed by atoms with Gasteiger partial charge in [0, 0.05) is 6.07 Å². The first-order valence-electron chi connectivity index (χ1n) is 7.31. The molecule has 1 aromatic heterocycles. The second-order valence-electron chi connectivity index (χ2n) is 5.00. The summed E-state index contributed by atoms with van der Waals surface area (Å²) in [5, 5.41) is 9.75. The molecule has 0 saturated heterocycles. The van der Waals surface area contributed by atoms with Crippen molar-refractivity contribution in [2.45, 2.75) is 52.1 Å². The summed E-state index contributed by atoms with van der Waals surface area (Å²) in [4.78, 5) is 0. The number of nitrogens with two attached hydrogens (primary N) is 1. The summed E-state index contributed by atoms with van der Waals surface area (Å²) < 4.78 is 11.2. The number of hydrogen-bond donors (Lipinski definition) is 2. The molecule has 0 aromatic carbocycles. The molecule has 0 spiro atoms. The van der Waals surface area contributed by atoms with Gasteiger partial charge < -0.3 is 20.0 Å². The van der Waals surface area contributed by atoms with Crippen molar-refractivity contribution < 1.29 is 14.3 Å². The van der Waals surface area contributed by atoms with Crippen molar-refractivity contribution in [1.82, 2.24) is 0 Å². The standard InChI is InChI=1S/C15H27NO3/c1-3-5-12(6-4-2)11-18-15-8-7-14(19-15)13(17)9-10-16/h7-8,12-13,17H,3-6,9-11,16H2,1-2H3/t13-/m1/s1. The maximum atomic E-state index is 9.75. The van der Waals surface area contributed by atoms with Crippen LogP contribution >= 0.6 is 0 Å². The Kier molecular flexibility index (Phi) is 7.60. The van der Waals surface area contributed by atoms with Crippen LogP contribution in [0.15, 0.2) is 16.5 Å². The van der Waals surface area contributed by atoms with E-state index in [-0.39, 0.29) is 0 Å². The second-order valence-corrected chi connectivity index (χ2v) is 5.00. The fraction of sp³-hybridized carbons (Fsp3) is 0.733. The third kappa shape index (κ3) is 5.66. The van der Waals surface area contributed by atoms with Gasteiger partial charge in [-0.25, -0.2) is 0 Å². The predicted octanol–water partition coefficient (Wildman–Crippen LogP) is 3.26. The Balaban J connectivity index is 2.44. The number of aliphatic hydroxyl groups is 1. The molecule has 0 aliphatic rings. The number of ether oxygens (including phenoxy) is 1. The van der Waals surface area contributed by atoms with Crippen LogP contribution in [-0.2, 0) is 0 Å². The maximum absolute atomic E-state index is 9.75. The molecule has 0 bridgehead atoms. The van der Waals surface area contributed by atoms with Crippen molar-refractivity contribution in [3.63, 3.8) is 0 Å². The van der Waals surface area contributed by atoms with Crippen LogP contribution in [0, 0.1) is 5.92 Å². The van der Waals surface area contributed by atoms with Gasteiger partial charge in [0.05, 0.1) is 6.61 Å². The van der Waals surface area contributed by atoms with Gasteiger partial charge in [0.25, 0.3) is 5.95 Å². The Bertz CT molecular complexity index is 332. The van der Waals surface area contributed by atoms with E-state index in [0.29, 0.717) is 37.2 Å². The van der Waals surface area contributed by atoms with E-state index in [1.165, 1.54) is 25.7 Å². The highest BCUT2D eigenvalue weighted by molar-refractivity contribution is 5.13. The average Bonchev–Trinajstić information content (AvgIpc) is 2.86. The fourth-order valence-electron chi connectivity index (χ4n) is 2.22. The lowest BCUT2D eigenvalue weighted by Gasteiger charge is -2.14. The van der Waals surface area contributed by atoms with E-state index in [2.05, 4.69) is 13.8 Å². The molecule has 1 atom stereocenters. The van der Waals surface area contributed by atoms with Crippen molar-refractivity contribution in [1.29, 1.82) is 0 Å². The van der Waals surface area contributed by atoms with E-state index in [9.17, 15) is 5.11 Å². The smallest absolute Gasteiger partial charge is 0.284 e. The molecule has 0 aliphatic heterocycles. The molecule has 0 saturated carbocycles. The largest absolute Gasteiger partial charge is 0.465 e. The van der Waals surface area contributed by atoms with E-state index >= 15 is 0 Å². The summed E-state index contributed by atoms with van der Waals surface area (Å²) in [6.07, 6.45) is 4.57. The fourth-order valence-corrected chi connectivity index (χ4v) is 2.22. The maximum Gasteiger partial charge on any atom is 0.284 e. The van der Waals surface area contributed by atoms with Crippen LogP contribution in [-0.4, -0.2) is 18.3 Å². The Hall–Kier alpha value is -1.00. The summed E-state index contributed by atoms with van der Waals surface area (Å²) in [7, 11) is 0. The molecule has 1 heterocycles. The van der Waals surface area contributed by atoms with E-state index in [4.69, 9.17) is 14.9 Å². The number of aliphatic hydroxyl groups excluding tert-OH is 1. The zero-order chi connectivity index (χ0) is 14.1. The van der Waals surface area contributed by atoms with E-state index < -0.39 is 6.10 Å². The zero-order valence-electron chi connectivity index (χ0n) is 12.1. The van der Waals surface area contributed by atoms with Crippen molar-refractivity contribution in [3.05, 3.63) is 17.9 Å². The van der Waals surface area contributed by atoms with Crippen molar-refractivity contribution in [3.8, 4) is 5.95 Å². The lowest BCUT2D eigenvalue weighted by molar-refractivity contribution is 0.125. The molecule has 4 nitrogen and oxygen atoms in total. The van der Waals surface area contributed by atoms with Gasteiger partial charge in [-0.2, -0.15) is 0 Å². The van der Waals surface area contributed by atoms with Gasteiger partial charge in [-0.1, -0.05) is 26.7 Å². The molecule has 1 aromatic rings. The van der Waals surface area contributed by atoms with E-state index in [0.717, 1.165) is 0 Å². The first-order chi connectivity index (χ1) is 9.21. The topological polar surface area (TPSA) is 68.6 Å². The normalized spacial score (nSPS) is 12.9. The monoisotopic (exact) mass is 269 g/mol. The molecular weight excluding hydrogens is 242 g/mol. The lowest BCUT2D eigenvalue weighted by Crippen LogP contribution is -2.11. The van der Waals surface area contributed by atoms with Crippen LogP contribution in [0.25, 0.3) is 0 Å². The van der Waals surface area contributed by atoms with Crippen LogP contribution in [0.4, 0.5) is 0 Å². The molecular formula is C15H27NO3. The Labute approximate surface area is 115 Å². The Morgan fingerprint density at radius 3 is 2.47 bits per heavy atom. The van der Waals surface area contributed by atoms with Gasteiger partial charge in [-0.15, -0.1) is 0 Å². The first-order valence-corrected chi connectivity index (χ1v) is 7.31. The van der Waals surface area contributed by atoms with Crippen molar-refractivity contribution in [2.24, 2.45) is 11.7 Å². The van der Waals surface area contributed by atoms with Gasteiger partial charge in [0.2, 0.25) is 0 Å². The van der Waals surface area contributed by atoms with Crippen LogP contribution in [0.5, 0.6) is 5.95 Å². The highest BCUT2D eigenvalue weighted by Crippen LogP contribution is 2.24. The zero-order valence-corrected chi connectivity index (χ0v) is 12.1. The highest BCUT2D eigenvalue weighted by Gasteiger charge is 2.13. The quantitative estimate of drug-likeness (QED) is 0.684. The molecule has 0 aliphatic carbocycles. The van der Waals surface area contributed by atoms with Crippen LogP contribution in [0.3, 0.4) is 0 Å². The minimum absolute atomic E-state index is 0.438. The molecule has 0 amide bonds. The van der Waals surface area contributed by atoms with Crippen molar-refractivity contribution >= 4 is 0 Å². The molecule has 0 fully saturated rings. The molecule has 19 heavy (non-hydrogen) atoms. The molecule has 0 radical (unpaired) electrons. The SMILES string of the molecule is CCCC(CCC)COc1ccc([C@H](O)CCN)o1. The molecule has 4 heteroatoms. The highest BCUT2D eigenvalue weighted by atomic mass is 16.6. The summed E-state index contributed by atoms with van der Waals surface area (Å²) in [6.45, 7) is 5.50. The van der Waals surface area contributed by atoms with Crippen LogP contribution < -0.4 is 10.5 Å². The summed E-state index contributed by atoms with van der Waals surface area (Å²) in [6, 6.07) is 3.52. The predicted molar refractivity (Wildman–Crippen MR) is 76.1 cm³/mol. The molecule has 110 valence electrons. The summed E-state index contributed by atoms with van der Waals surface area (Å²) >= 11 is 0. The Morgan fingerprint density at radius 2 is 1.89 bits per heavy atom. The number of rotatable bonds is 10. The van der Waals surface area contributed by atoms with Gasteiger partial charge in [-0.05, 0) is 37.8 Å². The molecule has 0 unspecified atom stereocenters. The third-order valence-electron chi connectivity index (χ3n) is 3.23. The third-order valence-corrected chi connectivity index (χ3v) is 3.23. The molecule has 1 rings (SSSR count). The minimum atomic E-state index is -0.635. The lowest BCUT2D eigenvalue weighted by atomic mass is 9.99. The van der Waals surface area contributed by atoms with E-state index in [1.807, 2.05) is 0 Å². The van der Waals surface area contributed by atoms with Crippen LogP contribution in [0.1, 0.15) is 57.8 Å². The number of hydrogen-bond acceptors (Lipinski definition) is 4. The first kappa shape index (κ1) is 16.1. The van der Waals surface area contributed by atoms with Gasteiger partial charge in [-0.3, -0.25) is 0 Å². The second kappa shape index (κ2) is 8.99. The van der Waals surface area contributed by atoms with Gasteiger partial charge in [0.15, 0.2) is 0 Å². The summed E-state index contributed by atoms with van der Waals surface area (Å²) in [5.74, 6) is 1.60. The average molecular weight is 269 g/mol. The minimum Gasteiger partial charge on any atom is -0.465 e. The van der Waals surface area contributed by atoms with Gasteiger partial charge in [0.1, 0.15) is 11.9 Å². The summed E-state index contributed by atoms with van der Waals surface area (Å²) in [5.41, 5.74) is 5.41.